The van der Waals surface area contributed by atoms with Gasteiger partial charge in [0.05, 0.1) is 19.3 Å². The molecule has 8 atom stereocenters. The zero-order valence-electron chi connectivity index (χ0n) is 20.0. The molecule has 6 rings (SSSR count). The van der Waals surface area contributed by atoms with Crippen LogP contribution < -0.4 is 0 Å². The van der Waals surface area contributed by atoms with Gasteiger partial charge in [-0.25, -0.2) is 0 Å². The highest BCUT2D eigenvalue weighted by molar-refractivity contribution is 5.92. The average molecular weight is 429 g/mol. The predicted octanol–water partition coefficient (Wildman–Crippen LogP) is 4.37. The molecule has 0 unspecified atom stereocenters. The van der Waals surface area contributed by atoms with Crippen molar-refractivity contribution in [3.8, 4) is 0 Å². The summed E-state index contributed by atoms with van der Waals surface area (Å²) in [4.78, 5) is 19.0. The van der Waals surface area contributed by atoms with Crippen LogP contribution in [0.4, 0.5) is 0 Å². The van der Waals surface area contributed by atoms with Crippen LogP contribution >= 0.6 is 0 Å². The summed E-state index contributed by atoms with van der Waals surface area (Å²) in [5.74, 6) is 3.78. The third kappa shape index (κ3) is 3.21. The number of fused-ring (bicyclic) bond motifs is 5. The van der Waals surface area contributed by atoms with Gasteiger partial charge in [-0.05, 0) is 106 Å². The summed E-state index contributed by atoms with van der Waals surface area (Å²) in [5.41, 5.74) is 0.473. The molecule has 0 bridgehead atoms. The van der Waals surface area contributed by atoms with Crippen molar-refractivity contribution >= 4 is 5.78 Å². The molecule has 174 valence electrons. The van der Waals surface area contributed by atoms with E-state index in [4.69, 9.17) is 4.74 Å². The van der Waals surface area contributed by atoms with Crippen molar-refractivity contribution < 1.29 is 9.53 Å². The molecule has 4 aliphatic carbocycles. The van der Waals surface area contributed by atoms with Gasteiger partial charge in [-0.15, -0.1) is 0 Å². The molecule has 0 amide bonds. The van der Waals surface area contributed by atoms with E-state index in [-0.39, 0.29) is 11.5 Å². The summed E-state index contributed by atoms with van der Waals surface area (Å²) in [5, 5.41) is 0. The molecule has 31 heavy (non-hydrogen) atoms. The summed E-state index contributed by atoms with van der Waals surface area (Å²) in [6.45, 7) is 11.2. The van der Waals surface area contributed by atoms with Crippen LogP contribution in [0.2, 0.25) is 0 Å². The van der Waals surface area contributed by atoms with Crippen molar-refractivity contribution in [2.75, 3.05) is 39.4 Å². The van der Waals surface area contributed by atoms with Gasteiger partial charge in [0, 0.05) is 24.5 Å². The normalized spacial score (nSPS) is 51.4. The molecule has 0 spiro atoms. The maximum Gasteiger partial charge on any atom is 0.156 e. The number of carbonyl (C=O) groups is 1. The first kappa shape index (κ1) is 21.1. The highest BCUT2D eigenvalue weighted by Gasteiger charge is 2.63. The fourth-order valence-electron chi connectivity index (χ4n) is 9.67. The van der Waals surface area contributed by atoms with Crippen LogP contribution in [0.25, 0.3) is 0 Å². The van der Waals surface area contributed by atoms with E-state index in [9.17, 15) is 4.79 Å². The fourth-order valence-corrected chi connectivity index (χ4v) is 9.67. The quantitative estimate of drug-likeness (QED) is 0.654. The van der Waals surface area contributed by atoms with Crippen molar-refractivity contribution in [1.82, 2.24) is 9.80 Å². The number of hydrogen-bond acceptors (Lipinski definition) is 4. The fraction of sp³-hybridized carbons (Fsp3) is 0.963. The monoisotopic (exact) mass is 428 g/mol. The minimum Gasteiger partial charge on any atom is -0.379 e. The first-order chi connectivity index (χ1) is 15.0. The minimum atomic E-state index is -0.0555. The van der Waals surface area contributed by atoms with Gasteiger partial charge < -0.3 is 9.64 Å². The van der Waals surface area contributed by atoms with E-state index in [1.54, 1.807) is 0 Å². The lowest BCUT2D eigenvalue weighted by Gasteiger charge is -2.60. The number of morpholine rings is 1. The maximum absolute atomic E-state index is 13.7. The van der Waals surface area contributed by atoms with Crippen molar-refractivity contribution in [3.05, 3.63) is 0 Å². The second kappa shape index (κ2) is 7.81. The first-order valence-corrected chi connectivity index (χ1v) is 13.6. The molecule has 6 aliphatic rings. The summed E-state index contributed by atoms with van der Waals surface area (Å²) in [6.07, 6.45) is 13.6. The lowest BCUT2D eigenvalue weighted by Crippen LogP contribution is -2.55. The van der Waals surface area contributed by atoms with Gasteiger partial charge in [-0.1, -0.05) is 13.8 Å². The van der Waals surface area contributed by atoms with E-state index in [0.29, 0.717) is 17.1 Å². The van der Waals surface area contributed by atoms with E-state index < -0.39 is 0 Å². The lowest BCUT2D eigenvalue weighted by molar-refractivity contribution is -0.142. The molecule has 0 aromatic heterocycles. The highest BCUT2D eigenvalue weighted by atomic mass is 16.5. The number of Topliss-reactive ketones (excluding diaryl/α,β-unsaturated/α-hetero) is 1. The van der Waals surface area contributed by atoms with Crippen molar-refractivity contribution in [1.29, 1.82) is 0 Å². The number of nitrogens with zero attached hydrogens (tertiary/aromatic N) is 2. The molecular weight excluding hydrogens is 384 g/mol. The van der Waals surface area contributed by atoms with Gasteiger partial charge in [-0.3, -0.25) is 9.69 Å². The summed E-state index contributed by atoms with van der Waals surface area (Å²) in [7, 11) is 0. The Kier molecular flexibility index (Phi) is 5.31. The van der Waals surface area contributed by atoms with Crippen LogP contribution in [-0.2, 0) is 9.53 Å². The molecule has 4 heteroatoms. The molecule has 0 N–H and O–H groups in total. The first-order valence-electron chi connectivity index (χ1n) is 13.6. The van der Waals surface area contributed by atoms with Crippen LogP contribution in [0, 0.1) is 34.5 Å². The summed E-state index contributed by atoms with van der Waals surface area (Å²) >= 11 is 0. The van der Waals surface area contributed by atoms with E-state index in [2.05, 4.69) is 23.6 Å². The zero-order valence-corrected chi connectivity index (χ0v) is 20.0. The van der Waals surface area contributed by atoms with E-state index in [0.717, 1.165) is 62.9 Å². The van der Waals surface area contributed by atoms with Crippen LogP contribution in [0.1, 0.15) is 78.1 Å². The largest absolute Gasteiger partial charge is 0.379 e. The lowest BCUT2D eigenvalue weighted by atomic mass is 9.45. The molecule has 2 saturated heterocycles. The molecule has 4 nitrogen and oxygen atoms in total. The Morgan fingerprint density at radius 3 is 2.39 bits per heavy atom. The van der Waals surface area contributed by atoms with Crippen LogP contribution in [-0.4, -0.2) is 67.1 Å². The number of hydrogen-bond donors (Lipinski definition) is 0. The number of ketones is 1. The molecular formula is C27H44N2O2. The molecule has 0 aromatic rings. The Morgan fingerprint density at radius 2 is 1.61 bits per heavy atom. The third-order valence-electron chi connectivity index (χ3n) is 11.5. The standard InChI is InChI=1S/C27H44N2O2/c1-26-9-7-20(28-11-3-4-12-28)17-19(26)5-6-21-22(26)8-10-27(2)23(21)18-24(25(27)30)29-13-15-31-16-14-29/h19-24H,3-18H2,1-2H3/t19-,20-,21+,22-,23-,24-,26-,27-/m0/s1. The predicted molar refractivity (Wildman–Crippen MR) is 123 cm³/mol. The van der Waals surface area contributed by atoms with E-state index in [1.807, 2.05) is 0 Å². The van der Waals surface area contributed by atoms with Gasteiger partial charge in [0.1, 0.15) is 0 Å². The van der Waals surface area contributed by atoms with Gasteiger partial charge in [-0.2, -0.15) is 0 Å². The Labute approximate surface area is 189 Å². The number of ether oxygens (including phenoxy) is 1. The summed E-state index contributed by atoms with van der Waals surface area (Å²) < 4.78 is 5.59. The van der Waals surface area contributed by atoms with Crippen LogP contribution in [0.3, 0.4) is 0 Å². The van der Waals surface area contributed by atoms with Gasteiger partial charge in [0.15, 0.2) is 5.78 Å². The number of likely N-dealkylation sites (tertiary alicyclic amines) is 1. The average Bonchev–Trinajstić information content (AvgIpc) is 3.41. The molecule has 2 aliphatic heterocycles. The van der Waals surface area contributed by atoms with Crippen molar-refractivity contribution in [3.63, 3.8) is 0 Å². The number of rotatable bonds is 2. The van der Waals surface area contributed by atoms with Crippen LogP contribution in [0.15, 0.2) is 0 Å². The highest BCUT2D eigenvalue weighted by Crippen LogP contribution is 2.66. The molecule has 0 aromatic carbocycles. The van der Waals surface area contributed by atoms with Gasteiger partial charge >= 0.3 is 0 Å². The van der Waals surface area contributed by atoms with E-state index >= 15 is 0 Å². The Bertz CT molecular complexity index is 699. The minimum absolute atomic E-state index is 0.0555. The van der Waals surface area contributed by atoms with Crippen molar-refractivity contribution in [2.45, 2.75) is 90.1 Å². The Balaban J connectivity index is 1.21. The smallest absolute Gasteiger partial charge is 0.156 e. The maximum atomic E-state index is 13.7. The molecule has 6 fully saturated rings. The SMILES string of the molecule is C[C@]12CC[C@H](N3CCCC3)C[C@@H]1CC[C@@H]1[C@@H]2CC[C@]2(C)C(=O)[C@@H](N3CCOCC3)C[C@@H]12. The molecule has 0 radical (unpaired) electrons. The van der Waals surface area contributed by atoms with Gasteiger partial charge in [0.2, 0.25) is 0 Å². The molecule has 2 heterocycles. The topological polar surface area (TPSA) is 32.8 Å². The second-order valence-electron chi connectivity index (χ2n) is 12.5. The van der Waals surface area contributed by atoms with Crippen molar-refractivity contribution in [2.24, 2.45) is 34.5 Å². The van der Waals surface area contributed by atoms with Crippen LogP contribution in [0.5, 0.6) is 0 Å². The Hall–Kier alpha value is -0.450. The number of carbonyl (C=O) groups excluding carboxylic acids is 1. The zero-order chi connectivity index (χ0) is 21.2. The Morgan fingerprint density at radius 1 is 0.839 bits per heavy atom. The molecule has 4 saturated carbocycles. The van der Waals surface area contributed by atoms with E-state index in [1.165, 1.54) is 64.5 Å². The third-order valence-corrected chi connectivity index (χ3v) is 11.5. The summed E-state index contributed by atoms with van der Waals surface area (Å²) in [6, 6.07) is 1.04. The van der Waals surface area contributed by atoms with Gasteiger partial charge in [0.25, 0.3) is 0 Å². The second-order valence-corrected chi connectivity index (χ2v) is 12.5.